The maximum Gasteiger partial charge on any atom is 0.191 e. The number of aliphatic imine (C=N–C) groups is 1. The molecule has 1 aromatic carbocycles. The third-order valence-corrected chi connectivity index (χ3v) is 4.39. The average molecular weight is 337 g/mol. The monoisotopic (exact) mass is 337 g/mol. The Morgan fingerprint density at radius 2 is 2.13 bits per heavy atom. The highest BCUT2D eigenvalue weighted by molar-refractivity contribution is 7.10. The fourth-order valence-corrected chi connectivity index (χ4v) is 2.88. The summed E-state index contributed by atoms with van der Waals surface area (Å²) in [6.07, 6.45) is 0.427. The topological polar surface area (TPSA) is 36.4 Å². The molecule has 0 aliphatic heterocycles. The molecule has 6 heteroatoms. The SMILES string of the molecule is CCNC(=NCCc1ccc(F)cc1F)NC(C)c1cccs1. The molecule has 0 amide bonds. The minimum absolute atomic E-state index is 0.148. The second-order valence-corrected chi connectivity index (χ2v) is 6.11. The van der Waals surface area contributed by atoms with Crippen molar-refractivity contribution in [1.82, 2.24) is 10.6 Å². The number of halogens is 2. The summed E-state index contributed by atoms with van der Waals surface area (Å²) in [6, 6.07) is 7.87. The van der Waals surface area contributed by atoms with E-state index < -0.39 is 11.6 Å². The largest absolute Gasteiger partial charge is 0.357 e. The van der Waals surface area contributed by atoms with Crippen LogP contribution in [0, 0.1) is 11.6 Å². The normalized spacial score (nSPS) is 13.0. The van der Waals surface area contributed by atoms with E-state index in [1.54, 1.807) is 11.3 Å². The standard InChI is InChI=1S/C17H21F2N3S/c1-3-20-17(22-12(2)16-5-4-10-23-16)21-9-8-13-6-7-14(18)11-15(13)19/h4-7,10-12H,3,8-9H2,1-2H3,(H2,20,21,22). The van der Waals surface area contributed by atoms with Crippen LogP contribution in [0.15, 0.2) is 40.7 Å². The van der Waals surface area contributed by atoms with Crippen LogP contribution in [-0.2, 0) is 6.42 Å². The van der Waals surface area contributed by atoms with Crippen molar-refractivity contribution in [3.05, 3.63) is 57.8 Å². The van der Waals surface area contributed by atoms with Crippen LogP contribution < -0.4 is 10.6 Å². The third kappa shape index (κ3) is 5.32. The van der Waals surface area contributed by atoms with Gasteiger partial charge >= 0.3 is 0 Å². The van der Waals surface area contributed by atoms with E-state index in [0.29, 0.717) is 24.5 Å². The van der Waals surface area contributed by atoms with Crippen LogP contribution in [0.25, 0.3) is 0 Å². The predicted octanol–water partition coefficient (Wildman–Crippen LogP) is 3.89. The minimum Gasteiger partial charge on any atom is -0.357 e. The molecular weight excluding hydrogens is 316 g/mol. The lowest BCUT2D eigenvalue weighted by Crippen LogP contribution is -2.38. The van der Waals surface area contributed by atoms with Crippen LogP contribution in [0.2, 0.25) is 0 Å². The number of nitrogens with one attached hydrogen (secondary N) is 2. The lowest BCUT2D eigenvalue weighted by Gasteiger charge is -2.16. The fourth-order valence-electron chi connectivity index (χ4n) is 2.15. The van der Waals surface area contributed by atoms with Crippen molar-refractivity contribution in [3.63, 3.8) is 0 Å². The first-order chi connectivity index (χ1) is 11.1. The summed E-state index contributed by atoms with van der Waals surface area (Å²) in [5, 5.41) is 8.54. The van der Waals surface area contributed by atoms with Crippen LogP contribution in [0.5, 0.6) is 0 Å². The molecule has 0 saturated heterocycles. The summed E-state index contributed by atoms with van der Waals surface area (Å²) in [7, 11) is 0. The number of hydrogen-bond acceptors (Lipinski definition) is 2. The maximum atomic E-state index is 13.6. The Morgan fingerprint density at radius 1 is 1.30 bits per heavy atom. The molecule has 23 heavy (non-hydrogen) atoms. The molecule has 3 nitrogen and oxygen atoms in total. The van der Waals surface area contributed by atoms with Gasteiger partial charge in [-0.15, -0.1) is 11.3 Å². The van der Waals surface area contributed by atoms with Crippen LogP contribution in [0.4, 0.5) is 8.78 Å². The summed E-state index contributed by atoms with van der Waals surface area (Å²) >= 11 is 1.68. The van der Waals surface area contributed by atoms with E-state index in [1.807, 2.05) is 18.4 Å². The molecule has 0 bridgehead atoms. The molecule has 2 N–H and O–H groups in total. The van der Waals surface area contributed by atoms with Crippen LogP contribution in [-0.4, -0.2) is 19.0 Å². The highest BCUT2D eigenvalue weighted by Gasteiger charge is 2.08. The molecule has 0 aliphatic carbocycles. The zero-order valence-corrected chi connectivity index (χ0v) is 14.1. The summed E-state index contributed by atoms with van der Waals surface area (Å²) < 4.78 is 26.5. The van der Waals surface area contributed by atoms with Gasteiger partial charge in [-0.05, 0) is 43.3 Å². The second-order valence-electron chi connectivity index (χ2n) is 5.13. The van der Waals surface area contributed by atoms with Crippen molar-refractivity contribution in [2.45, 2.75) is 26.3 Å². The molecule has 2 rings (SSSR count). The molecule has 1 heterocycles. The summed E-state index contributed by atoms with van der Waals surface area (Å²) in [4.78, 5) is 5.68. The highest BCUT2D eigenvalue weighted by atomic mass is 32.1. The average Bonchev–Trinajstić information content (AvgIpc) is 3.04. The van der Waals surface area contributed by atoms with Gasteiger partial charge in [0.15, 0.2) is 5.96 Å². The number of nitrogens with zero attached hydrogens (tertiary/aromatic N) is 1. The zero-order chi connectivity index (χ0) is 16.7. The van der Waals surface area contributed by atoms with Gasteiger partial charge in [-0.25, -0.2) is 8.78 Å². The first kappa shape index (κ1) is 17.4. The van der Waals surface area contributed by atoms with Crippen molar-refractivity contribution >= 4 is 17.3 Å². The lowest BCUT2D eigenvalue weighted by molar-refractivity contribution is 0.572. The van der Waals surface area contributed by atoms with Crippen molar-refractivity contribution < 1.29 is 8.78 Å². The maximum absolute atomic E-state index is 13.6. The highest BCUT2D eigenvalue weighted by Crippen LogP contribution is 2.17. The van der Waals surface area contributed by atoms with E-state index in [4.69, 9.17) is 0 Å². The Labute approximate surface area is 139 Å². The summed E-state index contributed by atoms with van der Waals surface area (Å²) in [5.74, 6) is -0.393. The molecule has 0 spiro atoms. The quantitative estimate of drug-likeness (QED) is 0.620. The van der Waals surface area contributed by atoms with Crippen molar-refractivity contribution in [2.24, 2.45) is 4.99 Å². The Kier molecular flexibility index (Phi) is 6.52. The molecule has 124 valence electrons. The summed E-state index contributed by atoms with van der Waals surface area (Å²) in [6.45, 7) is 5.23. The van der Waals surface area contributed by atoms with Gasteiger partial charge in [0, 0.05) is 24.0 Å². The van der Waals surface area contributed by atoms with Gasteiger partial charge in [0.25, 0.3) is 0 Å². The number of benzene rings is 1. The first-order valence-electron chi connectivity index (χ1n) is 7.62. The van der Waals surface area contributed by atoms with Crippen molar-refractivity contribution in [2.75, 3.05) is 13.1 Å². The molecule has 1 aromatic heterocycles. The van der Waals surface area contributed by atoms with Gasteiger partial charge in [-0.1, -0.05) is 12.1 Å². The smallest absolute Gasteiger partial charge is 0.191 e. The van der Waals surface area contributed by atoms with Crippen LogP contribution >= 0.6 is 11.3 Å². The van der Waals surface area contributed by atoms with Gasteiger partial charge in [0.2, 0.25) is 0 Å². The Hall–Kier alpha value is -1.95. The van der Waals surface area contributed by atoms with E-state index in [2.05, 4.69) is 28.6 Å². The zero-order valence-electron chi connectivity index (χ0n) is 13.3. The first-order valence-corrected chi connectivity index (χ1v) is 8.50. The molecule has 0 fully saturated rings. The van der Waals surface area contributed by atoms with E-state index in [-0.39, 0.29) is 6.04 Å². The van der Waals surface area contributed by atoms with E-state index in [0.717, 1.165) is 12.6 Å². The number of hydrogen-bond donors (Lipinski definition) is 2. The van der Waals surface area contributed by atoms with Gasteiger partial charge in [-0.2, -0.15) is 0 Å². The Balaban J connectivity index is 1.95. The number of rotatable bonds is 6. The Morgan fingerprint density at radius 3 is 2.78 bits per heavy atom. The van der Waals surface area contributed by atoms with Crippen molar-refractivity contribution in [3.8, 4) is 0 Å². The summed E-state index contributed by atoms with van der Waals surface area (Å²) in [5.41, 5.74) is 0.470. The molecule has 1 atom stereocenters. The van der Waals surface area contributed by atoms with Crippen LogP contribution in [0.3, 0.4) is 0 Å². The molecule has 0 radical (unpaired) electrons. The van der Waals surface area contributed by atoms with E-state index in [9.17, 15) is 8.78 Å². The molecule has 0 saturated carbocycles. The minimum atomic E-state index is -0.561. The molecular formula is C17H21F2N3S. The van der Waals surface area contributed by atoms with Gasteiger partial charge in [-0.3, -0.25) is 4.99 Å². The van der Waals surface area contributed by atoms with Crippen LogP contribution in [0.1, 0.15) is 30.3 Å². The fraction of sp³-hybridized carbons (Fsp3) is 0.353. The van der Waals surface area contributed by atoms with E-state index in [1.165, 1.54) is 17.0 Å². The second kappa shape index (κ2) is 8.62. The number of thiophene rings is 1. The van der Waals surface area contributed by atoms with E-state index >= 15 is 0 Å². The predicted molar refractivity (Wildman–Crippen MR) is 91.9 cm³/mol. The van der Waals surface area contributed by atoms with Gasteiger partial charge in [0.1, 0.15) is 11.6 Å². The number of guanidine groups is 1. The molecule has 1 unspecified atom stereocenters. The van der Waals surface area contributed by atoms with Gasteiger partial charge < -0.3 is 10.6 Å². The Bertz CT molecular complexity index is 641. The lowest BCUT2D eigenvalue weighted by atomic mass is 10.1. The van der Waals surface area contributed by atoms with Gasteiger partial charge in [0.05, 0.1) is 6.04 Å². The molecule has 2 aromatic rings. The molecule has 0 aliphatic rings. The third-order valence-electron chi connectivity index (χ3n) is 3.33. The van der Waals surface area contributed by atoms with Crippen molar-refractivity contribution in [1.29, 1.82) is 0 Å².